The molecule has 0 aromatic heterocycles. The fourth-order valence-corrected chi connectivity index (χ4v) is 8.03. The summed E-state index contributed by atoms with van der Waals surface area (Å²) in [6, 6.07) is 0. The van der Waals surface area contributed by atoms with Crippen molar-refractivity contribution >= 4 is 11.9 Å². The van der Waals surface area contributed by atoms with Crippen molar-refractivity contribution in [2.24, 2.45) is 0 Å². The topological polar surface area (TPSA) is 231 Å². The monoisotopic (exact) mass is 995 g/mol. The lowest BCUT2D eigenvalue weighted by Gasteiger charge is -2.42. The van der Waals surface area contributed by atoms with E-state index in [9.17, 15) is 45.3 Å². The highest BCUT2D eigenvalue weighted by molar-refractivity contribution is 5.70. The standard InChI is InChI=1S/C55H94O15/c1-3-5-7-9-11-13-15-17-19-21-23-25-27-29-31-33-35-37-46(57)65-40-43(68-47(58)38-36-34-32-30-28-26-24-22-20-18-16-14-12-10-8-6-4-2)41-66-54-53(64)51(62)49(60)45(70-54)42-67-55-52(63)50(61)48(59)44(39-56)69-55/h12-15,18,20,24,26,30,32,43-45,48-56,59-64H,3-11,16-17,19,21-23,25,27-29,31,33-42H2,1-2H3/b14-12+,15-13+,20-18+,26-24+,32-30+/t43-,44+,45+,48-,49-,50?,51?,52?,53?,54+,55+/m0/s1. The average molecular weight is 995 g/mol. The summed E-state index contributed by atoms with van der Waals surface area (Å²) in [5.74, 6) is -0.994. The molecule has 2 fully saturated rings. The van der Waals surface area contributed by atoms with E-state index in [1.54, 1.807) is 0 Å². The molecule has 0 amide bonds. The van der Waals surface area contributed by atoms with Crippen LogP contribution in [0.1, 0.15) is 181 Å². The highest BCUT2D eigenvalue weighted by atomic mass is 16.7. The number of aliphatic hydroxyl groups is 7. The molecule has 15 nitrogen and oxygen atoms in total. The molecule has 70 heavy (non-hydrogen) atoms. The first-order valence-electron chi connectivity index (χ1n) is 26.9. The van der Waals surface area contributed by atoms with Crippen molar-refractivity contribution in [2.45, 2.75) is 248 Å². The summed E-state index contributed by atoms with van der Waals surface area (Å²) in [5, 5.41) is 72.1. The molecule has 0 saturated carbocycles. The fraction of sp³-hybridized carbons (Fsp3) is 0.782. The largest absolute Gasteiger partial charge is 0.462 e. The van der Waals surface area contributed by atoms with Gasteiger partial charge in [-0.2, -0.15) is 0 Å². The molecule has 404 valence electrons. The molecule has 2 rings (SSSR count). The quantitative estimate of drug-likeness (QED) is 0.0175. The number of unbranched alkanes of at least 4 members (excludes halogenated alkanes) is 17. The van der Waals surface area contributed by atoms with Crippen molar-refractivity contribution in [3.05, 3.63) is 60.8 Å². The molecule has 2 saturated heterocycles. The van der Waals surface area contributed by atoms with Crippen LogP contribution in [0.4, 0.5) is 0 Å². The highest BCUT2D eigenvalue weighted by Crippen LogP contribution is 2.26. The van der Waals surface area contributed by atoms with E-state index in [2.05, 4.69) is 62.5 Å². The SMILES string of the molecule is CCCCC/C=C/C/C=C/C/C=C/C/C=C/CCCC(=O)O[C@@H](COC(=O)CCCCCCCCCCC/C=C/CCCCCC)CO[C@@H]1O[C@H](CO[C@@H]2O[C@H](CO)[C@H](O)C(O)C2O)[C@H](O)C(O)C1O. The van der Waals surface area contributed by atoms with E-state index in [1.807, 2.05) is 12.2 Å². The van der Waals surface area contributed by atoms with Gasteiger partial charge in [-0.3, -0.25) is 9.59 Å². The van der Waals surface area contributed by atoms with Crippen LogP contribution in [-0.2, 0) is 38.0 Å². The lowest BCUT2D eigenvalue weighted by molar-refractivity contribution is -0.332. The van der Waals surface area contributed by atoms with Gasteiger partial charge in [0.2, 0.25) is 0 Å². The van der Waals surface area contributed by atoms with Crippen molar-refractivity contribution in [2.75, 3.05) is 26.4 Å². The van der Waals surface area contributed by atoms with Gasteiger partial charge < -0.3 is 64.2 Å². The van der Waals surface area contributed by atoms with Gasteiger partial charge in [0, 0.05) is 12.8 Å². The van der Waals surface area contributed by atoms with Crippen molar-refractivity contribution < 1.29 is 73.8 Å². The molecule has 0 aromatic carbocycles. The third-order valence-electron chi connectivity index (χ3n) is 12.5. The second kappa shape index (κ2) is 41.6. The number of ether oxygens (including phenoxy) is 6. The third-order valence-corrected chi connectivity index (χ3v) is 12.5. The fourth-order valence-electron chi connectivity index (χ4n) is 8.03. The molecule has 7 N–H and O–H groups in total. The second-order valence-corrected chi connectivity index (χ2v) is 18.7. The summed E-state index contributed by atoms with van der Waals surface area (Å²) in [5.41, 5.74) is 0. The van der Waals surface area contributed by atoms with E-state index in [-0.39, 0.29) is 19.4 Å². The second-order valence-electron chi connectivity index (χ2n) is 18.7. The van der Waals surface area contributed by atoms with Gasteiger partial charge in [-0.25, -0.2) is 0 Å². The van der Waals surface area contributed by atoms with Gasteiger partial charge in [0.25, 0.3) is 0 Å². The predicted octanol–water partition coefficient (Wildman–Crippen LogP) is 8.05. The van der Waals surface area contributed by atoms with Crippen LogP contribution in [-0.4, -0.2) is 142 Å². The molecule has 15 heteroatoms. The van der Waals surface area contributed by atoms with E-state index < -0.39 is 99.3 Å². The molecule has 0 radical (unpaired) electrons. The van der Waals surface area contributed by atoms with Gasteiger partial charge in [-0.1, -0.05) is 152 Å². The number of carbonyl (C=O) groups is 2. The molecule has 2 aliphatic rings. The van der Waals surface area contributed by atoms with Crippen LogP contribution in [0, 0.1) is 0 Å². The number of carbonyl (C=O) groups excluding carboxylic acids is 2. The Morgan fingerprint density at radius 3 is 1.43 bits per heavy atom. The van der Waals surface area contributed by atoms with E-state index >= 15 is 0 Å². The zero-order valence-electron chi connectivity index (χ0n) is 42.7. The molecular formula is C55H94O15. The Morgan fingerprint density at radius 1 is 0.457 bits per heavy atom. The van der Waals surface area contributed by atoms with Crippen LogP contribution in [0.3, 0.4) is 0 Å². The number of esters is 2. The normalized spacial score (nSPS) is 25.8. The van der Waals surface area contributed by atoms with Gasteiger partial charge in [0.15, 0.2) is 18.7 Å². The average Bonchev–Trinajstić information content (AvgIpc) is 3.35. The van der Waals surface area contributed by atoms with Crippen molar-refractivity contribution in [3.8, 4) is 0 Å². The van der Waals surface area contributed by atoms with Gasteiger partial charge in [-0.15, -0.1) is 0 Å². The summed E-state index contributed by atoms with van der Waals surface area (Å²) < 4.78 is 33.5. The summed E-state index contributed by atoms with van der Waals surface area (Å²) in [7, 11) is 0. The smallest absolute Gasteiger partial charge is 0.306 e. The third kappa shape index (κ3) is 29.0. The Labute approximate surface area is 420 Å². The summed E-state index contributed by atoms with van der Waals surface area (Å²) >= 11 is 0. The van der Waals surface area contributed by atoms with E-state index in [0.29, 0.717) is 19.3 Å². The van der Waals surface area contributed by atoms with Crippen molar-refractivity contribution in [3.63, 3.8) is 0 Å². The number of aliphatic hydroxyl groups excluding tert-OH is 7. The van der Waals surface area contributed by atoms with E-state index in [4.69, 9.17) is 28.4 Å². The van der Waals surface area contributed by atoms with Crippen LogP contribution < -0.4 is 0 Å². The summed E-state index contributed by atoms with van der Waals surface area (Å²) in [4.78, 5) is 25.8. The first kappa shape index (κ1) is 63.3. The van der Waals surface area contributed by atoms with E-state index in [0.717, 1.165) is 51.4 Å². The minimum Gasteiger partial charge on any atom is -0.462 e. The first-order valence-corrected chi connectivity index (χ1v) is 26.9. The Morgan fingerprint density at radius 2 is 0.871 bits per heavy atom. The first-order chi connectivity index (χ1) is 34.0. The maximum absolute atomic E-state index is 13.0. The van der Waals surface area contributed by atoms with Crippen molar-refractivity contribution in [1.29, 1.82) is 0 Å². The molecule has 2 aliphatic heterocycles. The molecule has 0 aliphatic carbocycles. The molecule has 0 bridgehead atoms. The number of allylic oxidation sites excluding steroid dienone is 10. The Kier molecular flexibility index (Phi) is 37.7. The van der Waals surface area contributed by atoms with Gasteiger partial charge in [0.1, 0.15) is 55.4 Å². The molecule has 0 spiro atoms. The van der Waals surface area contributed by atoms with Crippen LogP contribution >= 0.6 is 0 Å². The van der Waals surface area contributed by atoms with E-state index in [1.165, 1.54) is 83.5 Å². The maximum atomic E-state index is 13.0. The minimum atomic E-state index is -1.78. The minimum absolute atomic E-state index is 0.0872. The zero-order chi connectivity index (χ0) is 51.0. The predicted molar refractivity (Wildman–Crippen MR) is 270 cm³/mol. The highest BCUT2D eigenvalue weighted by Gasteiger charge is 2.47. The Balaban J connectivity index is 1.82. The number of rotatable bonds is 41. The molecule has 0 aromatic rings. The van der Waals surface area contributed by atoms with Crippen LogP contribution in [0.25, 0.3) is 0 Å². The number of hydrogen-bond acceptors (Lipinski definition) is 15. The van der Waals surface area contributed by atoms with Gasteiger partial charge in [-0.05, 0) is 77.0 Å². The van der Waals surface area contributed by atoms with Gasteiger partial charge in [0.05, 0.1) is 19.8 Å². The Bertz CT molecular complexity index is 1450. The summed E-state index contributed by atoms with van der Waals surface area (Å²) in [6.45, 7) is 2.49. The Hall–Kier alpha value is -2.80. The molecule has 4 unspecified atom stereocenters. The van der Waals surface area contributed by atoms with Crippen LogP contribution in [0.15, 0.2) is 60.8 Å². The zero-order valence-corrected chi connectivity index (χ0v) is 42.7. The van der Waals surface area contributed by atoms with Crippen LogP contribution in [0.2, 0.25) is 0 Å². The van der Waals surface area contributed by atoms with Crippen molar-refractivity contribution in [1.82, 2.24) is 0 Å². The maximum Gasteiger partial charge on any atom is 0.306 e. The lowest BCUT2D eigenvalue weighted by Crippen LogP contribution is -2.61. The molecule has 11 atom stereocenters. The van der Waals surface area contributed by atoms with Gasteiger partial charge >= 0.3 is 11.9 Å². The molecule has 2 heterocycles. The lowest BCUT2D eigenvalue weighted by atomic mass is 9.98. The molecular weight excluding hydrogens is 901 g/mol. The number of hydrogen-bond donors (Lipinski definition) is 7. The van der Waals surface area contributed by atoms with Crippen LogP contribution in [0.5, 0.6) is 0 Å². The summed E-state index contributed by atoms with van der Waals surface area (Å²) in [6.07, 6.45) is 31.0.